The van der Waals surface area contributed by atoms with E-state index < -0.39 is 17.9 Å². The van der Waals surface area contributed by atoms with Gasteiger partial charge in [-0.25, -0.2) is 4.79 Å². The average Bonchev–Trinajstić information content (AvgIpc) is 2.73. The molecule has 0 fully saturated rings. The molecule has 0 radical (unpaired) electrons. The molecule has 0 bridgehead atoms. The molecule has 0 aromatic heterocycles. The summed E-state index contributed by atoms with van der Waals surface area (Å²) in [7, 11) is 0. The molecular formula is C15H19NO5. The summed E-state index contributed by atoms with van der Waals surface area (Å²) in [6.45, 7) is 3.64. The Labute approximate surface area is 122 Å². The van der Waals surface area contributed by atoms with Crippen molar-refractivity contribution in [3.05, 3.63) is 29.3 Å². The van der Waals surface area contributed by atoms with Crippen molar-refractivity contribution >= 4 is 11.9 Å². The van der Waals surface area contributed by atoms with E-state index in [4.69, 9.17) is 14.9 Å². The molecular weight excluding hydrogens is 274 g/mol. The highest BCUT2D eigenvalue weighted by molar-refractivity contribution is 5.99. The second-order valence-electron chi connectivity index (χ2n) is 5.21. The first-order chi connectivity index (χ1) is 9.95. The van der Waals surface area contributed by atoms with Gasteiger partial charge in [0, 0.05) is 24.5 Å². The van der Waals surface area contributed by atoms with Gasteiger partial charge in [-0.3, -0.25) is 4.79 Å². The van der Waals surface area contributed by atoms with Crippen LogP contribution in [0.25, 0.3) is 0 Å². The minimum Gasteiger partial charge on any atom is -0.489 e. The van der Waals surface area contributed by atoms with Gasteiger partial charge in [0.15, 0.2) is 0 Å². The monoisotopic (exact) mass is 293 g/mol. The van der Waals surface area contributed by atoms with E-state index in [-0.39, 0.29) is 25.0 Å². The van der Waals surface area contributed by atoms with Crippen molar-refractivity contribution in [2.45, 2.75) is 38.3 Å². The van der Waals surface area contributed by atoms with Crippen molar-refractivity contribution in [1.82, 2.24) is 5.32 Å². The Kier molecular flexibility index (Phi) is 4.47. The Morgan fingerprint density at radius 1 is 1.38 bits per heavy atom. The molecule has 6 nitrogen and oxygen atoms in total. The number of aliphatic hydroxyl groups excluding tert-OH is 1. The zero-order chi connectivity index (χ0) is 15.6. The van der Waals surface area contributed by atoms with E-state index in [2.05, 4.69) is 5.32 Å². The zero-order valence-electron chi connectivity index (χ0n) is 12.0. The maximum absolute atomic E-state index is 12.3. The second-order valence-corrected chi connectivity index (χ2v) is 5.21. The number of carboxylic acid groups (broad SMARTS) is 1. The maximum Gasteiger partial charge on any atom is 0.326 e. The van der Waals surface area contributed by atoms with Crippen molar-refractivity contribution in [3.63, 3.8) is 0 Å². The van der Waals surface area contributed by atoms with Crippen LogP contribution in [0.5, 0.6) is 5.75 Å². The number of para-hydroxylation sites is 1. The molecule has 0 saturated heterocycles. The molecule has 1 aromatic carbocycles. The normalized spacial score (nSPS) is 21.3. The summed E-state index contributed by atoms with van der Waals surface area (Å²) in [5.41, 5.74) is 1.28. The first kappa shape index (κ1) is 15.3. The lowest BCUT2D eigenvalue weighted by Crippen LogP contribution is -2.41. The molecule has 3 unspecified atom stereocenters. The predicted molar refractivity (Wildman–Crippen MR) is 75.5 cm³/mol. The predicted octanol–water partition coefficient (Wildman–Crippen LogP) is 1.14. The van der Waals surface area contributed by atoms with E-state index in [0.717, 1.165) is 5.56 Å². The fraction of sp³-hybridized carbons (Fsp3) is 0.467. The number of carboxylic acids is 1. The van der Waals surface area contributed by atoms with Gasteiger partial charge in [-0.2, -0.15) is 0 Å². The SMILES string of the molecule is CC1Oc2c(C(=O)NC(CCO)C(=O)O)cccc2C1C. The topological polar surface area (TPSA) is 95.9 Å². The van der Waals surface area contributed by atoms with Crippen LogP contribution >= 0.6 is 0 Å². The third kappa shape index (κ3) is 3.00. The minimum absolute atomic E-state index is 0.0262. The molecule has 0 saturated carbocycles. The largest absolute Gasteiger partial charge is 0.489 e. The summed E-state index contributed by atoms with van der Waals surface area (Å²) in [6, 6.07) is 4.15. The van der Waals surface area contributed by atoms with Crippen LogP contribution < -0.4 is 10.1 Å². The van der Waals surface area contributed by atoms with E-state index in [1.165, 1.54) is 0 Å². The van der Waals surface area contributed by atoms with Crippen molar-refractivity contribution in [2.75, 3.05) is 6.61 Å². The molecule has 2 rings (SSSR count). The van der Waals surface area contributed by atoms with Crippen LogP contribution in [0.1, 0.15) is 42.1 Å². The van der Waals surface area contributed by atoms with Crippen LogP contribution in [-0.2, 0) is 4.79 Å². The van der Waals surface area contributed by atoms with Crippen LogP contribution in [-0.4, -0.2) is 40.8 Å². The van der Waals surface area contributed by atoms with E-state index in [1.54, 1.807) is 12.1 Å². The number of carbonyl (C=O) groups excluding carboxylic acids is 1. The molecule has 1 aliphatic heterocycles. The number of hydrogen-bond donors (Lipinski definition) is 3. The van der Waals surface area contributed by atoms with Gasteiger partial charge in [-0.15, -0.1) is 0 Å². The van der Waals surface area contributed by atoms with Gasteiger partial charge in [-0.1, -0.05) is 19.1 Å². The van der Waals surface area contributed by atoms with Crippen LogP contribution in [0.2, 0.25) is 0 Å². The Morgan fingerprint density at radius 2 is 2.10 bits per heavy atom. The molecule has 3 atom stereocenters. The first-order valence-corrected chi connectivity index (χ1v) is 6.89. The van der Waals surface area contributed by atoms with Gasteiger partial charge in [0.05, 0.1) is 5.56 Å². The summed E-state index contributed by atoms with van der Waals surface area (Å²) in [4.78, 5) is 23.3. The highest BCUT2D eigenvalue weighted by Gasteiger charge is 2.32. The fourth-order valence-corrected chi connectivity index (χ4v) is 2.39. The van der Waals surface area contributed by atoms with Crippen molar-refractivity contribution in [1.29, 1.82) is 0 Å². The summed E-state index contributed by atoms with van der Waals surface area (Å²) < 4.78 is 5.72. The third-order valence-corrected chi connectivity index (χ3v) is 3.81. The van der Waals surface area contributed by atoms with Crippen molar-refractivity contribution in [2.24, 2.45) is 0 Å². The number of aliphatic carboxylic acids is 1. The smallest absolute Gasteiger partial charge is 0.326 e. The lowest BCUT2D eigenvalue weighted by molar-refractivity contribution is -0.139. The standard InChI is InChI=1S/C15H19NO5/c1-8-9(2)21-13-10(8)4-3-5-11(13)14(18)16-12(6-7-17)15(19)20/h3-5,8-9,12,17H,6-7H2,1-2H3,(H,16,18)(H,19,20). The molecule has 114 valence electrons. The van der Waals surface area contributed by atoms with Gasteiger partial charge in [-0.05, 0) is 13.0 Å². The van der Waals surface area contributed by atoms with Gasteiger partial charge in [0.25, 0.3) is 5.91 Å². The molecule has 0 aliphatic carbocycles. The van der Waals surface area contributed by atoms with Gasteiger partial charge >= 0.3 is 5.97 Å². The van der Waals surface area contributed by atoms with Crippen molar-refractivity contribution in [3.8, 4) is 5.75 Å². The Morgan fingerprint density at radius 3 is 2.71 bits per heavy atom. The average molecular weight is 293 g/mol. The summed E-state index contributed by atoms with van der Waals surface area (Å²) in [5, 5.41) is 20.3. The maximum atomic E-state index is 12.3. The zero-order valence-corrected chi connectivity index (χ0v) is 12.0. The number of hydrogen-bond acceptors (Lipinski definition) is 4. The number of carbonyl (C=O) groups is 2. The number of ether oxygens (including phenoxy) is 1. The molecule has 3 N–H and O–H groups in total. The van der Waals surface area contributed by atoms with Gasteiger partial charge < -0.3 is 20.3 Å². The van der Waals surface area contributed by atoms with E-state index >= 15 is 0 Å². The quantitative estimate of drug-likeness (QED) is 0.756. The number of nitrogens with one attached hydrogen (secondary N) is 1. The molecule has 1 aromatic rings. The first-order valence-electron chi connectivity index (χ1n) is 6.89. The van der Waals surface area contributed by atoms with Gasteiger partial charge in [0.2, 0.25) is 0 Å². The van der Waals surface area contributed by atoms with Crippen LogP contribution in [0.15, 0.2) is 18.2 Å². The summed E-state index contributed by atoms with van der Waals surface area (Å²) in [5.74, 6) is -0.981. The van der Waals surface area contributed by atoms with E-state index in [0.29, 0.717) is 11.3 Å². The Bertz CT molecular complexity index is 557. The third-order valence-electron chi connectivity index (χ3n) is 3.81. The molecule has 0 spiro atoms. The molecule has 6 heteroatoms. The molecule has 21 heavy (non-hydrogen) atoms. The molecule has 1 heterocycles. The molecule has 1 amide bonds. The lowest BCUT2D eigenvalue weighted by Gasteiger charge is -2.15. The number of rotatable bonds is 5. The van der Waals surface area contributed by atoms with E-state index in [9.17, 15) is 9.59 Å². The number of benzene rings is 1. The lowest BCUT2D eigenvalue weighted by atomic mass is 9.96. The Hall–Kier alpha value is -2.08. The van der Waals surface area contributed by atoms with Crippen LogP contribution in [0.3, 0.4) is 0 Å². The van der Waals surface area contributed by atoms with E-state index in [1.807, 2.05) is 19.9 Å². The highest BCUT2D eigenvalue weighted by Crippen LogP contribution is 2.40. The van der Waals surface area contributed by atoms with Gasteiger partial charge in [0.1, 0.15) is 17.9 Å². The van der Waals surface area contributed by atoms with Crippen molar-refractivity contribution < 1.29 is 24.5 Å². The number of fused-ring (bicyclic) bond motifs is 1. The molecule has 1 aliphatic rings. The number of amides is 1. The second kappa shape index (κ2) is 6.13. The number of aliphatic hydroxyl groups is 1. The highest BCUT2D eigenvalue weighted by atomic mass is 16.5. The Balaban J connectivity index is 2.23. The minimum atomic E-state index is -1.17. The fourth-order valence-electron chi connectivity index (χ4n) is 2.39. The van der Waals surface area contributed by atoms with Crippen LogP contribution in [0.4, 0.5) is 0 Å². The van der Waals surface area contributed by atoms with Crippen LogP contribution in [0, 0.1) is 0 Å². The summed E-state index contributed by atoms with van der Waals surface area (Å²) >= 11 is 0. The summed E-state index contributed by atoms with van der Waals surface area (Å²) in [6.07, 6.45) is -0.0642.